The predicted octanol–water partition coefficient (Wildman–Crippen LogP) is 0.687. The summed E-state index contributed by atoms with van der Waals surface area (Å²) in [6.45, 7) is 0.00738. The number of aromatic nitrogens is 1. The number of hydrogen-bond acceptors (Lipinski definition) is 5. The molecule has 0 spiro atoms. The van der Waals surface area contributed by atoms with Crippen molar-refractivity contribution in [3.05, 3.63) is 23.9 Å². The van der Waals surface area contributed by atoms with Gasteiger partial charge in [0.05, 0.1) is 6.54 Å². The first kappa shape index (κ1) is 15.5. The number of nitrogens with one attached hydrogen (secondary N) is 1. The number of carbonyl (C=O) groups excluding carboxylic acids is 1. The third-order valence-corrected chi connectivity index (χ3v) is 3.22. The minimum absolute atomic E-state index is 0.207. The third-order valence-electron chi connectivity index (χ3n) is 3.22. The molecule has 21 heavy (non-hydrogen) atoms. The number of nitrogens with zero attached hydrogens (tertiary/aromatic N) is 3. The predicted molar refractivity (Wildman–Crippen MR) is 70.4 cm³/mol. The van der Waals surface area contributed by atoms with Crippen molar-refractivity contribution in [3.63, 3.8) is 0 Å². The van der Waals surface area contributed by atoms with Gasteiger partial charge in [-0.15, -0.1) is 0 Å². The highest BCUT2D eigenvalue weighted by Gasteiger charge is 2.32. The highest BCUT2D eigenvalue weighted by molar-refractivity contribution is 5.94. The molecule has 0 aromatic carbocycles. The zero-order valence-corrected chi connectivity index (χ0v) is 11.2. The molecule has 1 aromatic heterocycles. The molecule has 3 N–H and O–H groups in total. The molecule has 0 saturated carbocycles. The average molecular weight is 303 g/mol. The smallest absolute Gasteiger partial charge is 0.336 e. The van der Waals surface area contributed by atoms with Crippen molar-refractivity contribution in [1.82, 2.24) is 14.8 Å². The van der Waals surface area contributed by atoms with E-state index in [0.29, 0.717) is 11.4 Å². The molecule has 9 heteroatoms. The molecule has 0 bridgehead atoms. The van der Waals surface area contributed by atoms with Gasteiger partial charge in [0.1, 0.15) is 5.82 Å². The van der Waals surface area contributed by atoms with Crippen LogP contribution in [0.3, 0.4) is 0 Å². The summed E-state index contributed by atoms with van der Waals surface area (Å²) < 4.78 is 36.9. The van der Waals surface area contributed by atoms with E-state index in [4.69, 9.17) is 5.84 Å². The molecular weight excluding hydrogens is 287 g/mol. The van der Waals surface area contributed by atoms with Gasteiger partial charge >= 0.3 is 6.18 Å². The first-order chi connectivity index (χ1) is 9.89. The quantitative estimate of drug-likeness (QED) is 0.635. The zero-order valence-electron chi connectivity index (χ0n) is 11.2. The lowest BCUT2D eigenvalue weighted by atomic mass is 10.2. The van der Waals surface area contributed by atoms with Crippen LogP contribution < -0.4 is 11.3 Å². The van der Waals surface area contributed by atoms with Crippen molar-refractivity contribution in [3.8, 4) is 0 Å². The number of hydrogen-bond donors (Lipinski definition) is 2. The number of halogens is 3. The Balaban J connectivity index is 1.94. The van der Waals surface area contributed by atoms with E-state index in [1.807, 2.05) is 0 Å². The molecule has 0 aliphatic carbocycles. The third kappa shape index (κ3) is 4.30. The summed E-state index contributed by atoms with van der Waals surface area (Å²) in [6, 6.07) is 3.05. The second kappa shape index (κ2) is 6.27. The van der Waals surface area contributed by atoms with Crippen molar-refractivity contribution in [2.45, 2.75) is 6.18 Å². The highest BCUT2D eigenvalue weighted by atomic mass is 19.4. The topological polar surface area (TPSA) is 74.5 Å². The number of anilines is 1. The first-order valence-corrected chi connectivity index (χ1v) is 6.40. The number of carbonyl (C=O) groups is 1. The molecular formula is C12H16F3N5O. The van der Waals surface area contributed by atoms with E-state index in [9.17, 15) is 18.0 Å². The number of alkyl halides is 3. The average Bonchev–Trinajstić information content (AvgIpc) is 2.46. The Morgan fingerprint density at radius 1 is 1.33 bits per heavy atom. The Bertz CT molecular complexity index is 500. The van der Waals surface area contributed by atoms with Crippen molar-refractivity contribution in [2.24, 2.45) is 5.84 Å². The van der Waals surface area contributed by atoms with Gasteiger partial charge in [-0.1, -0.05) is 0 Å². The molecule has 1 amide bonds. The lowest BCUT2D eigenvalue weighted by molar-refractivity contribution is -0.148. The standard InChI is InChI=1S/C12H16F3N5O/c13-12(14,15)8-19-3-5-20(6-4-19)11(21)9-1-2-17-10(7-9)18-16/h1-2,7H,3-6,8,16H2,(H,17,18). The zero-order chi connectivity index (χ0) is 15.5. The second-order valence-electron chi connectivity index (χ2n) is 4.76. The summed E-state index contributed by atoms with van der Waals surface area (Å²) in [4.78, 5) is 19.0. The highest BCUT2D eigenvalue weighted by Crippen LogP contribution is 2.18. The molecule has 2 heterocycles. The van der Waals surface area contributed by atoms with Gasteiger partial charge in [-0.25, -0.2) is 10.8 Å². The second-order valence-corrected chi connectivity index (χ2v) is 4.76. The van der Waals surface area contributed by atoms with Crippen LogP contribution in [0.2, 0.25) is 0 Å². The monoisotopic (exact) mass is 303 g/mol. The molecule has 1 aliphatic rings. The van der Waals surface area contributed by atoms with Crippen LogP contribution >= 0.6 is 0 Å². The summed E-state index contributed by atoms with van der Waals surface area (Å²) >= 11 is 0. The van der Waals surface area contributed by atoms with Crippen LogP contribution in [0.4, 0.5) is 19.0 Å². The van der Waals surface area contributed by atoms with E-state index >= 15 is 0 Å². The van der Waals surface area contributed by atoms with E-state index < -0.39 is 12.7 Å². The van der Waals surface area contributed by atoms with Gasteiger partial charge in [0.2, 0.25) is 0 Å². The van der Waals surface area contributed by atoms with Gasteiger partial charge in [-0.3, -0.25) is 9.69 Å². The van der Waals surface area contributed by atoms with Crippen LogP contribution in [0.25, 0.3) is 0 Å². The summed E-state index contributed by atoms with van der Waals surface area (Å²) in [6.07, 6.45) is -2.76. The summed E-state index contributed by atoms with van der Waals surface area (Å²) in [5.74, 6) is 5.35. The van der Waals surface area contributed by atoms with Gasteiger partial charge in [-0.2, -0.15) is 13.2 Å². The normalized spacial score (nSPS) is 16.9. The van der Waals surface area contributed by atoms with Crippen LogP contribution in [0.5, 0.6) is 0 Å². The summed E-state index contributed by atoms with van der Waals surface area (Å²) in [5.41, 5.74) is 2.75. The van der Waals surface area contributed by atoms with E-state index in [1.54, 1.807) is 6.07 Å². The Labute approximate surface area is 119 Å². The van der Waals surface area contributed by atoms with Crippen molar-refractivity contribution >= 4 is 11.7 Å². The number of pyridine rings is 1. The first-order valence-electron chi connectivity index (χ1n) is 6.40. The van der Waals surface area contributed by atoms with Crippen molar-refractivity contribution < 1.29 is 18.0 Å². The maximum absolute atomic E-state index is 12.3. The molecule has 116 valence electrons. The molecule has 6 nitrogen and oxygen atoms in total. The van der Waals surface area contributed by atoms with E-state index in [1.165, 1.54) is 22.1 Å². The number of hydrazine groups is 1. The summed E-state index contributed by atoms with van der Waals surface area (Å²) in [7, 11) is 0. The van der Waals surface area contributed by atoms with Crippen molar-refractivity contribution in [1.29, 1.82) is 0 Å². The lowest BCUT2D eigenvalue weighted by Crippen LogP contribution is -2.50. The van der Waals surface area contributed by atoms with Crippen LogP contribution in [-0.4, -0.2) is 59.6 Å². The number of piperazine rings is 1. The largest absolute Gasteiger partial charge is 0.401 e. The van der Waals surface area contributed by atoms with Crippen LogP contribution in [0, 0.1) is 0 Å². The molecule has 2 rings (SSSR count). The molecule has 1 fully saturated rings. The van der Waals surface area contributed by atoms with Gasteiger partial charge in [0.15, 0.2) is 0 Å². The van der Waals surface area contributed by atoms with E-state index in [2.05, 4.69) is 10.4 Å². The fourth-order valence-electron chi connectivity index (χ4n) is 2.19. The Morgan fingerprint density at radius 2 is 2.00 bits per heavy atom. The molecule has 1 saturated heterocycles. The maximum Gasteiger partial charge on any atom is 0.401 e. The minimum atomic E-state index is -4.21. The van der Waals surface area contributed by atoms with Gasteiger partial charge in [-0.05, 0) is 12.1 Å². The molecule has 0 atom stereocenters. The van der Waals surface area contributed by atoms with E-state index in [-0.39, 0.29) is 32.1 Å². The lowest BCUT2D eigenvalue weighted by Gasteiger charge is -2.35. The van der Waals surface area contributed by atoms with Crippen molar-refractivity contribution in [2.75, 3.05) is 38.1 Å². The minimum Gasteiger partial charge on any atom is -0.336 e. The molecule has 1 aromatic rings. The molecule has 0 unspecified atom stereocenters. The van der Waals surface area contributed by atoms with Crippen LogP contribution in [-0.2, 0) is 0 Å². The summed E-state index contributed by atoms with van der Waals surface area (Å²) in [5, 5.41) is 0. The number of amides is 1. The number of rotatable bonds is 3. The molecule has 0 radical (unpaired) electrons. The van der Waals surface area contributed by atoms with Crippen LogP contribution in [0.15, 0.2) is 18.3 Å². The van der Waals surface area contributed by atoms with Gasteiger partial charge < -0.3 is 10.3 Å². The molecule has 1 aliphatic heterocycles. The van der Waals surface area contributed by atoms with E-state index in [0.717, 1.165) is 0 Å². The maximum atomic E-state index is 12.3. The SMILES string of the molecule is NNc1cc(C(=O)N2CCN(CC(F)(F)F)CC2)ccn1. The van der Waals surface area contributed by atoms with Gasteiger partial charge in [0.25, 0.3) is 5.91 Å². The Kier molecular flexibility index (Phi) is 4.63. The Morgan fingerprint density at radius 3 is 2.57 bits per heavy atom. The Hall–Kier alpha value is -1.87. The number of nitrogens with two attached hydrogens (primary N) is 1. The number of nitrogen functional groups attached to an aromatic ring is 1. The fourth-order valence-corrected chi connectivity index (χ4v) is 2.19. The fraction of sp³-hybridized carbons (Fsp3) is 0.500. The van der Waals surface area contributed by atoms with Gasteiger partial charge in [0, 0.05) is 37.9 Å². The van der Waals surface area contributed by atoms with Crippen LogP contribution in [0.1, 0.15) is 10.4 Å².